The van der Waals surface area contributed by atoms with E-state index in [-0.39, 0.29) is 0 Å². The zero-order valence-corrected chi connectivity index (χ0v) is 17.2. The van der Waals surface area contributed by atoms with Gasteiger partial charge in [0.2, 0.25) is 5.89 Å². The third-order valence-corrected chi connectivity index (χ3v) is 5.79. The highest BCUT2D eigenvalue weighted by Gasteiger charge is 2.14. The van der Waals surface area contributed by atoms with E-state index in [1.165, 1.54) is 11.1 Å². The smallest absolute Gasteiger partial charge is 0.226 e. The van der Waals surface area contributed by atoms with Crippen LogP contribution in [0.15, 0.2) is 58.3 Å². The van der Waals surface area contributed by atoms with E-state index in [0.29, 0.717) is 11.6 Å². The lowest BCUT2D eigenvalue weighted by Crippen LogP contribution is -1.96. The van der Waals surface area contributed by atoms with Crippen LogP contribution in [0.2, 0.25) is 0 Å². The van der Waals surface area contributed by atoms with Gasteiger partial charge in [-0.1, -0.05) is 53.7 Å². The molecule has 0 fully saturated rings. The molecule has 0 saturated heterocycles. The van der Waals surface area contributed by atoms with Gasteiger partial charge >= 0.3 is 0 Å². The van der Waals surface area contributed by atoms with Gasteiger partial charge in [0.05, 0.1) is 5.69 Å². The molecule has 142 valence electrons. The van der Waals surface area contributed by atoms with Crippen molar-refractivity contribution in [3.05, 3.63) is 71.1 Å². The van der Waals surface area contributed by atoms with Gasteiger partial charge < -0.3 is 8.98 Å². The SMILES string of the molecule is Cc1ccc(-c2nc(CSc3nnc(-c4ccccc4C)n3C)co2)c(C)c1. The van der Waals surface area contributed by atoms with Crippen molar-refractivity contribution in [2.24, 2.45) is 7.05 Å². The van der Waals surface area contributed by atoms with Crippen molar-refractivity contribution in [2.75, 3.05) is 0 Å². The summed E-state index contributed by atoms with van der Waals surface area (Å²) in [6.07, 6.45) is 1.72. The van der Waals surface area contributed by atoms with Gasteiger partial charge in [-0.3, -0.25) is 0 Å². The third kappa shape index (κ3) is 3.60. The van der Waals surface area contributed by atoms with Crippen LogP contribution in [-0.4, -0.2) is 19.7 Å². The fraction of sp³-hybridized carbons (Fsp3) is 0.227. The number of nitrogens with zero attached hydrogens (tertiary/aromatic N) is 4. The summed E-state index contributed by atoms with van der Waals surface area (Å²) >= 11 is 1.60. The quantitative estimate of drug-likeness (QED) is 0.430. The minimum atomic E-state index is 0.659. The largest absolute Gasteiger partial charge is 0.444 e. The Balaban J connectivity index is 1.50. The Morgan fingerprint density at radius 2 is 1.79 bits per heavy atom. The average molecular weight is 391 g/mol. The molecule has 0 spiro atoms. The number of thioether (sulfide) groups is 1. The molecule has 0 aliphatic rings. The van der Waals surface area contributed by atoms with Crippen molar-refractivity contribution in [3.8, 4) is 22.8 Å². The Kier molecular flexibility index (Phi) is 5.05. The molecule has 2 aromatic heterocycles. The van der Waals surface area contributed by atoms with Gasteiger partial charge in [0.15, 0.2) is 11.0 Å². The van der Waals surface area contributed by atoms with Crippen molar-refractivity contribution < 1.29 is 4.42 Å². The molecule has 0 saturated carbocycles. The lowest BCUT2D eigenvalue weighted by Gasteiger charge is -2.05. The van der Waals surface area contributed by atoms with E-state index in [1.54, 1.807) is 18.0 Å². The molecule has 0 N–H and O–H groups in total. The first-order valence-corrected chi connectivity index (χ1v) is 10.1. The van der Waals surface area contributed by atoms with Crippen LogP contribution < -0.4 is 0 Å². The zero-order valence-electron chi connectivity index (χ0n) is 16.4. The lowest BCUT2D eigenvalue weighted by atomic mass is 10.1. The first kappa shape index (κ1) is 18.5. The number of hydrogen-bond acceptors (Lipinski definition) is 5. The van der Waals surface area contributed by atoms with Crippen LogP contribution in [0.4, 0.5) is 0 Å². The van der Waals surface area contributed by atoms with Crippen LogP contribution in [0, 0.1) is 20.8 Å². The summed E-state index contributed by atoms with van der Waals surface area (Å²) < 4.78 is 7.74. The molecule has 4 aromatic rings. The summed E-state index contributed by atoms with van der Waals surface area (Å²) in [6, 6.07) is 14.5. The molecule has 0 radical (unpaired) electrons. The van der Waals surface area contributed by atoms with Gasteiger partial charge in [-0.25, -0.2) is 4.98 Å². The van der Waals surface area contributed by atoms with Crippen LogP contribution in [0.5, 0.6) is 0 Å². The normalized spacial score (nSPS) is 11.1. The third-order valence-electron chi connectivity index (χ3n) is 4.73. The monoisotopic (exact) mass is 390 g/mol. The summed E-state index contributed by atoms with van der Waals surface area (Å²) in [7, 11) is 1.99. The van der Waals surface area contributed by atoms with Crippen molar-refractivity contribution in [1.82, 2.24) is 19.7 Å². The van der Waals surface area contributed by atoms with Gasteiger partial charge in [0.1, 0.15) is 6.26 Å². The molecule has 6 heteroatoms. The summed E-state index contributed by atoms with van der Waals surface area (Å²) in [6.45, 7) is 6.24. The molecule has 5 nitrogen and oxygen atoms in total. The lowest BCUT2D eigenvalue weighted by molar-refractivity contribution is 0.573. The van der Waals surface area contributed by atoms with E-state index in [0.717, 1.165) is 33.4 Å². The molecule has 0 amide bonds. The van der Waals surface area contributed by atoms with Gasteiger partial charge in [-0.15, -0.1) is 10.2 Å². The highest BCUT2D eigenvalue weighted by atomic mass is 32.2. The highest BCUT2D eigenvalue weighted by Crippen LogP contribution is 2.28. The minimum Gasteiger partial charge on any atom is -0.444 e. The standard InChI is InChI=1S/C22H22N4OS/c1-14-9-10-19(16(3)11-14)21-23-17(12-27-21)13-28-22-25-24-20(26(22)4)18-8-6-5-7-15(18)2/h5-12H,13H2,1-4H3. The number of hydrogen-bond donors (Lipinski definition) is 0. The number of benzene rings is 2. The Morgan fingerprint density at radius 3 is 2.57 bits per heavy atom. The summed E-state index contributed by atoms with van der Waals surface area (Å²) in [5.41, 5.74) is 6.60. The molecule has 0 aliphatic heterocycles. The fourth-order valence-electron chi connectivity index (χ4n) is 3.19. The first-order valence-electron chi connectivity index (χ1n) is 9.13. The predicted molar refractivity (Wildman–Crippen MR) is 112 cm³/mol. The predicted octanol–water partition coefficient (Wildman–Crippen LogP) is 5.35. The second-order valence-corrected chi connectivity index (χ2v) is 7.87. The van der Waals surface area contributed by atoms with Crippen LogP contribution in [0.3, 0.4) is 0 Å². The first-order chi connectivity index (χ1) is 13.5. The Bertz CT molecular complexity index is 1130. The van der Waals surface area contributed by atoms with Crippen molar-refractivity contribution in [1.29, 1.82) is 0 Å². The Labute approximate surface area is 168 Å². The molecule has 0 bridgehead atoms. The van der Waals surface area contributed by atoms with Gasteiger partial charge in [0.25, 0.3) is 0 Å². The Morgan fingerprint density at radius 1 is 0.964 bits per heavy atom. The molecule has 4 rings (SSSR count). The van der Waals surface area contributed by atoms with E-state index < -0.39 is 0 Å². The Hall–Kier alpha value is -2.86. The number of aromatic nitrogens is 4. The summed E-state index contributed by atoms with van der Waals surface area (Å²) in [5, 5.41) is 9.59. The second-order valence-electron chi connectivity index (χ2n) is 6.93. The molecule has 28 heavy (non-hydrogen) atoms. The highest BCUT2D eigenvalue weighted by molar-refractivity contribution is 7.98. The number of rotatable bonds is 5. The molecule has 0 aliphatic carbocycles. The van der Waals surface area contributed by atoms with Crippen molar-refractivity contribution >= 4 is 11.8 Å². The van der Waals surface area contributed by atoms with Crippen molar-refractivity contribution in [3.63, 3.8) is 0 Å². The number of aryl methyl sites for hydroxylation is 3. The van der Waals surface area contributed by atoms with Crippen LogP contribution >= 0.6 is 11.8 Å². The minimum absolute atomic E-state index is 0.659. The maximum absolute atomic E-state index is 5.71. The molecule has 2 heterocycles. The molecular weight excluding hydrogens is 368 g/mol. The molecular formula is C22H22N4OS. The van der Waals surface area contributed by atoms with Crippen LogP contribution in [0.25, 0.3) is 22.8 Å². The fourth-order valence-corrected chi connectivity index (χ4v) is 3.98. The van der Waals surface area contributed by atoms with Gasteiger partial charge in [-0.2, -0.15) is 0 Å². The maximum Gasteiger partial charge on any atom is 0.226 e. The second kappa shape index (κ2) is 7.64. The maximum atomic E-state index is 5.71. The molecule has 2 aromatic carbocycles. The zero-order chi connectivity index (χ0) is 19.7. The van der Waals surface area contributed by atoms with Crippen LogP contribution in [0.1, 0.15) is 22.4 Å². The van der Waals surface area contributed by atoms with Crippen LogP contribution in [-0.2, 0) is 12.8 Å². The number of oxazole rings is 1. The van der Waals surface area contributed by atoms with E-state index in [1.807, 2.05) is 23.7 Å². The average Bonchev–Trinajstić information content (AvgIpc) is 3.27. The van der Waals surface area contributed by atoms with Gasteiger partial charge in [-0.05, 0) is 38.0 Å². The summed E-state index contributed by atoms with van der Waals surface area (Å²) in [5.74, 6) is 2.21. The molecule has 0 atom stereocenters. The van der Waals surface area contributed by atoms with E-state index in [9.17, 15) is 0 Å². The topological polar surface area (TPSA) is 56.7 Å². The molecule has 0 unspecified atom stereocenters. The van der Waals surface area contributed by atoms with Gasteiger partial charge in [0, 0.05) is 23.9 Å². The summed E-state index contributed by atoms with van der Waals surface area (Å²) in [4.78, 5) is 4.65. The van der Waals surface area contributed by atoms with Crippen molar-refractivity contribution in [2.45, 2.75) is 31.7 Å². The van der Waals surface area contributed by atoms with E-state index in [4.69, 9.17) is 4.42 Å². The van der Waals surface area contributed by atoms with E-state index >= 15 is 0 Å². The van der Waals surface area contributed by atoms with E-state index in [2.05, 4.69) is 66.3 Å².